The predicted octanol–water partition coefficient (Wildman–Crippen LogP) is 3.88. The number of aryl methyl sites for hydroxylation is 1. The fraction of sp³-hybridized carbons (Fsp3) is 0.333. The van der Waals surface area contributed by atoms with Gasteiger partial charge in [-0.15, -0.1) is 0 Å². The van der Waals surface area contributed by atoms with Crippen LogP contribution in [0.2, 0.25) is 0 Å². The van der Waals surface area contributed by atoms with Gasteiger partial charge in [0.05, 0.1) is 11.4 Å². The molecule has 0 atom stereocenters. The first-order valence-corrected chi connectivity index (χ1v) is 9.67. The van der Waals surface area contributed by atoms with Crippen molar-refractivity contribution in [3.05, 3.63) is 54.1 Å². The lowest BCUT2D eigenvalue weighted by molar-refractivity contribution is -0.121. The van der Waals surface area contributed by atoms with Crippen LogP contribution in [-0.4, -0.2) is 30.7 Å². The Labute approximate surface area is 165 Å². The van der Waals surface area contributed by atoms with Crippen LogP contribution in [0.3, 0.4) is 0 Å². The molecule has 1 aliphatic heterocycles. The topological polar surface area (TPSA) is 53.6 Å². The number of amides is 1. The average molecular weight is 384 g/mol. The van der Waals surface area contributed by atoms with E-state index in [2.05, 4.69) is 21.6 Å². The maximum absolute atomic E-state index is 12.1. The van der Waals surface area contributed by atoms with Gasteiger partial charge in [0.15, 0.2) is 11.7 Å². The van der Waals surface area contributed by atoms with Crippen LogP contribution in [0.5, 0.6) is 5.75 Å². The van der Waals surface area contributed by atoms with E-state index < -0.39 is 0 Å². The number of nitrogens with one attached hydrogen (secondary N) is 2. The number of carbonyl (C=O) groups excluding carboxylic acids is 1. The van der Waals surface area contributed by atoms with E-state index >= 15 is 0 Å². The van der Waals surface area contributed by atoms with Gasteiger partial charge in [-0.25, -0.2) is 0 Å². The molecule has 0 aliphatic carbocycles. The standard InChI is InChI=1S/C21H25N3O2S/c1-16-9-11-17(12-10-16)26-15-20(25)23-21(27)22-18-7-3-4-8-19(18)24-13-5-2-6-14-24/h3-4,7-12H,2,5-6,13-15H2,1H3,(H2,22,23,25,27). The van der Waals surface area contributed by atoms with Gasteiger partial charge in [0.1, 0.15) is 5.75 Å². The SMILES string of the molecule is Cc1ccc(OCC(=O)NC(=S)Nc2ccccc2N2CCCCC2)cc1. The number of hydrogen-bond acceptors (Lipinski definition) is 4. The van der Waals surface area contributed by atoms with Crippen LogP contribution >= 0.6 is 12.2 Å². The summed E-state index contributed by atoms with van der Waals surface area (Å²) in [4.78, 5) is 14.5. The number of piperidine rings is 1. The summed E-state index contributed by atoms with van der Waals surface area (Å²) in [5, 5.41) is 6.10. The van der Waals surface area contributed by atoms with Gasteiger partial charge in [-0.3, -0.25) is 10.1 Å². The van der Waals surface area contributed by atoms with Crippen molar-refractivity contribution >= 4 is 34.6 Å². The Morgan fingerprint density at radius 1 is 1.07 bits per heavy atom. The molecule has 0 aromatic heterocycles. The number of nitrogens with zero attached hydrogens (tertiary/aromatic N) is 1. The highest BCUT2D eigenvalue weighted by Gasteiger charge is 2.15. The van der Waals surface area contributed by atoms with E-state index in [4.69, 9.17) is 17.0 Å². The summed E-state index contributed by atoms with van der Waals surface area (Å²) in [5.74, 6) is 0.369. The summed E-state index contributed by atoms with van der Waals surface area (Å²) in [6.07, 6.45) is 3.68. The van der Waals surface area contributed by atoms with Crippen molar-refractivity contribution in [3.63, 3.8) is 0 Å². The quantitative estimate of drug-likeness (QED) is 0.768. The molecule has 2 N–H and O–H groups in total. The van der Waals surface area contributed by atoms with Gasteiger partial charge in [0.2, 0.25) is 0 Å². The molecular formula is C21H25N3O2S. The summed E-state index contributed by atoms with van der Waals surface area (Å²) in [5.41, 5.74) is 3.17. The third-order valence-corrected chi connectivity index (χ3v) is 4.70. The minimum Gasteiger partial charge on any atom is -0.484 e. The maximum Gasteiger partial charge on any atom is 0.264 e. The lowest BCUT2D eigenvalue weighted by atomic mass is 10.1. The van der Waals surface area contributed by atoms with Gasteiger partial charge in [-0.2, -0.15) is 0 Å². The van der Waals surface area contributed by atoms with Crippen LogP contribution in [0.4, 0.5) is 11.4 Å². The number of carbonyl (C=O) groups is 1. The van der Waals surface area contributed by atoms with Crippen LogP contribution in [0.25, 0.3) is 0 Å². The Kier molecular flexibility index (Phi) is 6.65. The number of anilines is 2. The normalized spacial score (nSPS) is 13.7. The Morgan fingerprint density at radius 3 is 2.52 bits per heavy atom. The van der Waals surface area contributed by atoms with Gasteiger partial charge in [-0.05, 0) is 62.7 Å². The monoisotopic (exact) mass is 383 g/mol. The van der Waals surface area contributed by atoms with Gasteiger partial charge >= 0.3 is 0 Å². The molecule has 0 spiro atoms. The smallest absolute Gasteiger partial charge is 0.264 e. The zero-order valence-electron chi connectivity index (χ0n) is 15.5. The fourth-order valence-electron chi connectivity index (χ4n) is 3.09. The summed E-state index contributed by atoms with van der Waals surface area (Å²) in [6, 6.07) is 15.6. The number of benzene rings is 2. The lowest BCUT2D eigenvalue weighted by Gasteiger charge is -2.30. The molecule has 1 amide bonds. The molecule has 142 valence electrons. The average Bonchev–Trinajstić information content (AvgIpc) is 2.68. The summed E-state index contributed by atoms with van der Waals surface area (Å²) in [7, 11) is 0. The molecule has 2 aromatic rings. The predicted molar refractivity (Wildman–Crippen MR) is 114 cm³/mol. The molecule has 0 unspecified atom stereocenters. The number of rotatable bonds is 5. The molecule has 3 rings (SSSR count). The Balaban J connectivity index is 1.53. The Morgan fingerprint density at radius 2 is 1.78 bits per heavy atom. The van der Waals surface area contributed by atoms with Crippen LogP contribution in [-0.2, 0) is 4.79 Å². The third-order valence-electron chi connectivity index (χ3n) is 4.49. The Bertz CT molecular complexity index is 786. The lowest BCUT2D eigenvalue weighted by Crippen LogP contribution is -2.38. The molecule has 27 heavy (non-hydrogen) atoms. The first-order chi connectivity index (χ1) is 13.1. The number of para-hydroxylation sites is 2. The minimum atomic E-state index is -0.288. The number of hydrogen-bond donors (Lipinski definition) is 2. The molecule has 0 saturated carbocycles. The van der Waals surface area contributed by atoms with E-state index in [0.29, 0.717) is 5.75 Å². The molecule has 1 saturated heterocycles. The van der Waals surface area contributed by atoms with Crippen molar-refractivity contribution in [2.24, 2.45) is 0 Å². The van der Waals surface area contributed by atoms with Crippen molar-refractivity contribution in [2.75, 3.05) is 29.9 Å². The number of thiocarbonyl (C=S) groups is 1. The van der Waals surface area contributed by atoms with Gasteiger partial charge in [-0.1, -0.05) is 29.8 Å². The van der Waals surface area contributed by atoms with Crippen LogP contribution < -0.4 is 20.3 Å². The molecule has 0 radical (unpaired) electrons. The van der Waals surface area contributed by atoms with Crippen LogP contribution in [0.15, 0.2) is 48.5 Å². The summed E-state index contributed by atoms with van der Waals surface area (Å²) >= 11 is 5.30. The van der Waals surface area contributed by atoms with Crippen molar-refractivity contribution in [3.8, 4) is 5.75 Å². The summed E-state index contributed by atoms with van der Waals surface area (Å²) in [6.45, 7) is 4.01. The zero-order chi connectivity index (χ0) is 19.1. The highest BCUT2D eigenvalue weighted by molar-refractivity contribution is 7.80. The molecule has 1 heterocycles. The second-order valence-corrected chi connectivity index (χ2v) is 7.08. The van der Waals surface area contributed by atoms with Gasteiger partial charge < -0.3 is 15.0 Å². The first kappa shape index (κ1) is 19.2. The van der Waals surface area contributed by atoms with Crippen molar-refractivity contribution < 1.29 is 9.53 Å². The van der Waals surface area contributed by atoms with Gasteiger partial charge in [0, 0.05) is 13.1 Å². The van der Waals surface area contributed by atoms with Crippen LogP contribution in [0, 0.1) is 6.92 Å². The van der Waals surface area contributed by atoms with Gasteiger partial charge in [0.25, 0.3) is 5.91 Å². The van der Waals surface area contributed by atoms with E-state index in [9.17, 15) is 4.79 Å². The van der Waals surface area contributed by atoms with E-state index in [1.54, 1.807) is 0 Å². The molecule has 5 nitrogen and oxygen atoms in total. The number of ether oxygens (including phenoxy) is 1. The molecular weight excluding hydrogens is 358 g/mol. The van der Waals surface area contributed by atoms with E-state index in [-0.39, 0.29) is 17.6 Å². The highest BCUT2D eigenvalue weighted by atomic mass is 32.1. The minimum absolute atomic E-state index is 0.0847. The molecule has 1 aliphatic rings. The second-order valence-electron chi connectivity index (χ2n) is 6.67. The van der Waals surface area contributed by atoms with E-state index in [1.807, 2.05) is 49.4 Å². The third kappa shape index (κ3) is 5.69. The second kappa shape index (κ2) is 9.37. The van der Waals surface area contributed by atoms with Crippen molar-refractivity contribution in [1.82, 2.24) is 5.32 Å². The van der Waals surface area contributed by atoms with Crippen molar-refractivity contribution in [1.29, 1.82) is 0 Å². The van der Waals surface area contributed by atoms with Crippen molar-refractivity contribution in [2.45, 2.75) is 26.2 Å². The van der Waals surface area contributed by atoms with E-state index in [1.165, 1.54) is 19.3 Å². The first-order valence-electron chi connectivity index (χ1n) is 9.26. The fourth-order valence-corrected chi connectivity index (χ4v) is 3.31. The molecule has 0 bridgehead atoms. The molecule has 1 fully saturated rings. The Hall–Kier alpha value is -2.60. The molecule has 2 aromatic carbocycles. The largest absolute Gasteiger partial charge is 0.484 e. The van der Waals surface area contributed by atoms with Crippen LogP contribution in [0.1, 0.15) is 24.8 Å². The highest BCUT2D eigenvalue weighted by Crippen LogP contribution is 2.28. The maximum atomic E-state index is 12.1. The molecule has 6 heteroatoms. The summed E-state index contributed by atoms with van der Waals surface area (Å²) < 4.78 is 5.49. The zero-order valence-corrected chi connectivity index (χ0v) is 16.3. The van der Waals surface area contributed by atoms with E-state index in [0.717, 1.165) is 30.0 Å².